The van der Waals surface area contributed by atoms with Gasteiger partial charge in [-0.05, 0) is 25.3 Å². The first-order valence-electron chi connectivity index (χ1n) is 6.60. The molecule has 106 valence electrons. The molecule has 0 aromatic heterocycles. The van der Waals surface area contributed by atoms with Crippen LogP contribution >= 0.6 is 0 Å². The molecule has 0 radical (unpaired) electrons. The van der Waals surface area contributed by atoms with Crippen LogP contribution in [0.25, 0.3) is 0 Å². The smallest absolute Gasteiger partial charge is 0.220 e. The van der Waals surface area contributed by atoms with Crippen LogP contribution < -0.4 is 5.32 Å². The second kappa shape index (κ2) is 8.67. The molecule has 4 nitrogen and oxygen atoms in total. The van der Waals surface area contributed by atoms with Gasteiger partial charge in [0.2, 0.25) is 5.91 Å². The molecule has 19 heavy (non-hydrogen) atoms. The van der Waals surface area contributed by atoms with Gasteiger partial charge in [0.25, 0.3) is 0 Å². The quantitative estimate of drug-likeness (QED) is 0.748. The highest BCUT2D eigenvalue weighted by Gasteiger charge is 2.11. The Balaban J connectivity index is 2.35. The molecular weight excluding hydrogens is 242 g/mol. The summed E-state index contributed by atoms with van der Waals surface area (Å²) >= 11 is 0. The number of amides is 1. The summed E-state index contributed by atoms with van der Waals surface area (Å²) < 4.78 is 5.01. The van der Waals surface area contributed by atoms with Gasteiger partial charge >= 0.3 is 0 Å². The van der Waals surface area contributed by atoms with E-state index in [1.165, 1.54) is 5.56 Å². The van der Waals surface area contributed by atoms with Crippen LogP contribution in [0.3, 0.4) is 0 Å². The van der Waals surface area contributed by atoms with Crippen LogP contribution in [0.1, 0.15) is 24.0 Å². The minimum absolute atomic E-state index is 0.00363. The van der Waals surface area contributed by atoms with E-state index in [9.17, 15) is 4.79 Å². The van der Waals surface area contributed by atoms with Gasteiger partial charge in [-0.2, -0.15) is 0 Å². The van der Waals surface area contributed by atoms with E-state index in [1.807, 2.05) is 31.2 Å². The fourth-order valence-corrected chi connectivity index (χ4v) is 1.87. The number of nitrogens with one attached hydrogen (secondary N) is 1. The van der Waals surface area contributed by atoms with E-state index in [1.54, 1.807) is 7.11 Å². The van der Waals surface area contributed by atoms with E-state index in [4.69, 9.17) is 9.84 Å². The number of aryl methyl sites for hydroxylation is 2. The Morgan fingerprint density at radius 3 is 2.63 bits per heavy atom. The molecule has 1 aromatic carbocycles. The third-order valence-electron chi connectivity index (χ3n) is 2.97. The van der Waals surface area contributed by atoms with E-state index in [0.717, 1.165) is 12.0 Å². The van der Waals surface area contributed by atoms with Gasteiger partial charge in [-0.25, -0.2) is 0 Å². The summed E-state index contributed by atoms with van der Waals surface area (Å²) in [4.78, 5) is 11.8. The molecule has 0 spiro atoms. The van der Waals surface area contributed by atoms with E-state index >= 15 is 0 Å². The van der Waals surface area contributed by atoms with Crippen molar-refractivity contribution < 1.29 is 14.6 Å². The minimum atomic E-state index is -0.111. The number of aliphatic hydroxyl groups is 1. The van der Waals surface area contributed by atoms with Crippen molar-refractivity contribution in [2.75, 3.05) is 20.3 Å². The predicted molar refractivity (Wildman–Crippen MR) is 75.0 cm³/mol. The van der Waals surface area contributed by atoms with Crippen molar-refractivity contribution in [1.29, 1.82) is 0 Å². The highest BCUT2D eigenvalue weighted by Crippen LogP contribution is 2.06. The van der Waals surface area contributed by atoms with Gasteiger partial charge in [0, 0.05) is 20.1 Å². The Kier molecular flexibility index (Phi) is 7.15. The average Bonchev–Trinajstić information content (AvgIpc) is 2.39. The molecule has 1 aromatic rings. The lowest BCUT2D eigenvalue weighted by atomic mass is 10.1. The first-order chi connectivity index (χ1) is 9.15. The van der Waals surface area contributed by atoms with Crippen LogP contribution in [-0.4, -0.2) is 37.4 Å². The molecule has 0 fully saturated rings. The van der Waals surface area contributed by atoms with Crippen molar-refractivity contribution in [3.8, 4) is 0 Å². The van der Waals surface area contributed by atoms with Gasteiger partial charge in [0.15, 0.2) is 0 Å². The van der Waals surface area contributed by atoms with Crippen LogP contribution in [0, 0.1) is 6.92 Å². The molecule has 0 saturated heterocycles. The van der Waals surface area contributed by atoms with E-state index < -0.39 is 0 Å². The van der Waals surface area contributed by atoms with E-state index in [2.05, 4.69) is 5.32 Å². The largest absolute Gasteiger partial charge is 0.396 e. The highest BCUT2D eigenvalue weighted by atomic mass is 16.5. The summed E-state index contributed by atoms with van der Waals surface area (Å²) in [6.45, 7) is 2.52. The molecule has 0 saturated carbocycles. The maximum atomic E-state index is 11.8. The second-order valence-electron chi connectivity index (χ2n) is 4.72. The predicted octanol–water partition coefficient (Wildman–Crippen LogP) is 1.44. The minimum Gasteiger partial charge on any atom is -0.396 e. The molecule has 2 N–H and O–H groups in total. The Hall–Kier alpha value is -1.39. The van der Waals surface area contributed by atoms with Gasteiger partial charge in [0.05, 0.1) is 12.6 Å². The topological polar surface area (TPSA) is 58.6 Å². The first-order valence-corrected chi connectivity index (χ1v) is 6.60. The number of aliphatic hydroxyl groups excluding tert-OH is 1. The Morgan fingerprint density at radius 1 is 1.37 bits per heavy atom. The summed E-state index contributed by atoms with van der Waals surface area (Å²) in [5, 5.41) is 11.8. The number of rotatable bonds is 8. The monoisotopic (exact) mass is 265 g/mol. The molecule has 1 rings (SSSR count). The van der Waals surface area contributed by atoms with Crippen LogP contribution in [0.5, 0.6) is 0 Å². The summed E-state index contributed by atoms with van der Waals surface area (Å²) in [7, 11) is 1.59. The van der Waals surface area contributed by atoms with Crippen molar-refractivity contribution in [3.63, 3.8) is 0 Å². The number of methoxy groups -OCH3 is 1. The highest BCUT2D eigenvalue weighted by molar-refractivity contribution is 5.76. The molecule has 1 unspecified atom stereocenters. The summed E-state index contributed by atoms with van der Waals surface area (Å²) in [6, 6.07) is 8.08. The van der Waals surface area contributed by atoms with Crippen molar-refractivity contribution in [2.45, 2.75) is 32.2 Å². The van der Waals surface area contributed by atoms with E-state index in [0.29, 0.717) is 19.4 Å². The zero-order valence-corrected chi connectivity index (χ0v) is 11.7. The second-order valence-corrected chi connectivity index (χ2v) is 4.72. The molecular formula is C15H23NO3. The summed E-state index contributed by atoms with van der Waals surface area (Å²) in [6.07, 6.45) is 1.70. The maximum absolute atomic E-state index is 11.8. The van der Waals surface area contributed by atoms with Crippen LogP contribution in [0.4, 0.5) is 0 Å². The molecule has 1 atom stereocenters. The average molecular weight is 265 g/mol. The van der Waals surface area contributed by atoms with Crippen molar-refractivity contribution in [3.05, 3.63) is 35.4 Å². The maximum Gasteiger partial charge on any atom is 0.220 e. The first kappa shape index (κ1) is 15.7. The zero-order valence-electron chi connectivity index (χ0n) is 11.7. The molecule has 0 aliphatic rings. The van der Waals surface area contributed by atoms with Crippen LogP contribution in [0.2, 0.25) is 0 Å². The lowest BCUT2D eigenvalue weighted by Crippen LogP contribution is -2.38. The molecule has 0 bridgehead atoms. The van der Waals surface area contributed by atoms with Crippen molar-refractivity contribution >= 4 is 5.91 Å². The van der Waals surface area contributed by atoms with E-state index in [-0.39, 0.29) is 18.6 Å². The Bertz CT molecular complexity index is 369. The van der Waals surface area contributed by atoms with Crippen LogP contribution in [-0.2, 0) is 16.0 Å². The van der Waals surface area contributed by atoms with Gasteiger partial charge in [0.1, 0.15) is 0 Å². The number of ether oxygens (including phenoxy) is 1. The Labute approximate surface area is 114 Å². The van der Waals surface area contributed by atoms with Gasteiger partial charge in [-0.15, -0.1) is 0 Å². The SMILES string of the molecule is COCC(CCO)NC(=O)CCc1ccc(C)cc1. The van der Waals surface area contributed by atoms with Gasteiger partial charge < -0.3 is 15.2 Å². The fraction of sp³-hybridized carbons (Fsp3) is 0.533. The number of carbonyl (C=O) groups excluding carboxylic acids is 1. The standard InChI is InChI=1S/C15H23NO3/c1-12-3-5-13(6-4-12)7-8-15(18)16-14(9-10-17)11-19-2/h3-6,14,17H,7-11H2,1-2H3,(H,16,18). The third-order valence-corrected chi connectivity index (χ3v) is 2.97. The molecule has 0 aliphatic carbocycles. The molecule has 0 heterocycles. The molecule has 1 amide bonds. The summed E-state index contributed by atoms with van der Waals surface area (Å²) in [5.41, 5.74) is 2.38. The number of hydrogen-bond donors (Lipinski definition) is 2. The Morgan fingerprint density at radius 2 is 2.05 bits per heavy atom. The zero-order chi connectivity index (χ0) is 14.1. The van der Waals surface area contributed by atoms with Gasteiger partial charge in [-0.3, -0.25) is 4.79 Å². The van der Waals surface area contributed by atoms with Crippen molar-refractivity contribution in [1.82, 2.24) is 5.32 Å². The molecule has 0 aliphatic heterocycles. The number of hydrogen-bond acceptors (Lipinski definition) is 3. The number of carbonyl (C=O) groups is 1. The third kappa shape index (κ3) is 6.36. The fourth-order valence-electron chi connectivity index (χ4n) is 1.87. The molecule has 4 heteroatoms. The number of benzene rings is 1. The van der Waals surface area contributed by atoms with Crippen LogP contribution in [0.15, 0.2) is 24.3 Å². The lowest BCUT2D eigenvalue weighted by molar-refractivity contribution is -0.122. The normalized spacial score (nSPS) is 12.2. The lowest BCUT2D eigenvalue weighted by Gasteiger charge is -2.16. The van der Waals surface area contributed by atoms with Crippen molar-refractivity contribution in [2.24, 2.45) is 0 Å². The summed E-state index contributed by atoms with van der Waals surface area (Å²) in [5.74, 6) is -0.00363. The van der Waals surface area contributed by atoms with Gasteiger partial charge in [-0.1, -0.05) is 29.8 Å².